The van der Waals surface area contributed by atoms with E-state index >= 15 is 0 Å². The molecule has 2 nitrogen and oxygen atoms in total. The second-order valence-corrected chi connectivity index (χ2v) is 4.75. The number of allylic oxidation sites excluding steroid dienone is 3. The standard InChI is InChI=1S/C14H13NOS/c1-9-4-5-12-11(6-9)10(2)7-13(16-12)14(8-15)17-3/h4-7H,1-3H3/b14-13+. The van der Waals surface area contributed by atoms with E-state index < -0.39 is 0 Å². The van der Waals surface area contributed by atoms with E-state index in [1.165, 1.54) is 17.3 Å². The molecule has 0 radical (unpaired) electrons. The number of rotatable bonds is 1. The summed E-state index contributed by atoms with van der Waals surface area (Å²) in [6, 6.07) is 8.23. The molecule has 0 bridgehead atoms. The van der Waals surface area contributed by atoms with E-state index in [0.29, 0.717) is 10.7 Å². The molecule has 3 heteroatoms. The normalized spacial score (nSPS) is 16.5. The monoisotopic (exact) mass is 243 g/mol. The van der Waals surface area contributed by atoms with E-state index in [1.807, 2.05) is 31.4 Å². The van der Waals surface area contributed by atoms with Crippen LogP contribution in [-0.2, 0) is 0 Å². The average Bonchev–Trinajstić information content (AvgIpc) is 2.32. The third-order valence-electron chi connectivity index (χ3n) is 2.66. The lowest BCUT2D eigenvalue weighted by Crippen LogP contribution is -2.04. The number of hydrogen-bond acceptors (Lipinski definition) is 3. The molecule has 0 N–H and O–H groups in total. The zero-order chi connectivity index (χ0) is 12.4. The summed E-state index contributed by atoms with van der Waals surface area (Å²) >= 11 is 1.41. The Labute approximate surface area is 106 Å². The minimum Gasteiger partial charge on any atom is -0.455 e. The molecule has 0 unspecified atom stereocenters. The van der Waals surface area contributed by atoms with Crippen LogP contribution in [0.5, 0.6) is 5.75 Å². The smallest absolute Gasteiger partial charge is 0.151 e. The van der Waals surface area contributed by atoms with Gasteiger partial charge in [0.2, 0.25) is 0 Å². The van der Waals surface area contributed by atoms with Crippen LogP contribution in [0.1, 0.15) is 18.1 Å². The van der Waals surface area contributed by atoms with Crippen LogP contribution in [0.2, 0.25) is 0 Å². The number of ether oxygens (including phenoxy) is 1. The van der Waals surface area contributed by atoms with Gasteiger partial charge in [-0.05, 0) is 43.9 Å². The molecule has 0 aromatic heterocycles. The van der Waals surface area contributed by atoms with Gasteiger partial charge in [-0.3, -0.25) is 0 Å². The van der Waals surface area contributed by atoms with E-state index in [2.05, 4.69) is 19.1 Å². The molecule has 1 aliphatic heterocycles. The summed E-state index contributed by atoms with van der Waals surface area (Å²) < 4.78 is 5.76. The van der Waals surface area contributed by atoms with Crippen molar-refractivity contribution in [1.82, 2.24) is 0 Å². The number of aryl methyl sites for hydroxylation is 1. The maximum absolute atomic E-state index is 9.02. The summed E-state index contributed by atoms with van der Waals surface area (Å²) in [5.74, 6) is 1.47. The molecule has 1 heterocycles. The lowest BCUT2D eigenvalue weighted by molar-refractivity contribution is 0.437. The van der Waals surface area contributed by atoms with Crippen molar-refractivity contribution in [3.05, 3.63) is 46.1 Å². The Morgan fingerprint density at radius 1 is 1.35 bits per heavy atom. The van der Waals surface area contributed by atoms with Gasteiger partial charge in [0.05, 0.1) is 0 Å². The molecule has 2 rings (SSSR count). The number of thioether (sulfide) groups is 1. The first-order valence-electron chi connectivity index (χ1n) is 5.31. The van der Waals surface area contributed by atoms with Crippen LogP contribution >= 0.6 is 11.8 Å². The molecule has 0 atom stereocenters. The number of nitriles is 1. The molecule has 0 fully saturated rings. The Balaban J connectivity index is 2.54. The number of benzene rings is 1. The van der Waals surface area contributed by atoms with E-state index in [4.69, 9.17) is 10.00 Å². The Hall–Kier alpha value is -1.66. The molecule has 0 amide bonds. The molecule has 1 aromatic carbocycles. The third-order valence-corrected chi connectivity index (χ3v) is 3.36. The zero-order valence-corrected chi connectivity index (χ0v) is 10.9. The molecule has 0 saturated heterocycles. The maximum atomic E-state index is 9.02. The summed E-state index contributed by atoms with van der Waals surface area (Å²) in [6.07, 6.45) is 3.81. The van der Waals surface area contributed by atoms with Crippen LogP contribution in [0.4, 0.5) is 0 Å². The van der Waals surface area contributed by atoms with Crippen LogP contribution in [0.15, 0.2) is 34.9 Å². The van der Waals surface area contributed by atoms with Gasteiger partial charge in [0.25, 0.3) is 0 Å². The molecule has 0 aliphatic carbocycles. The van der Waals surface area contributed by atoms with Gasteiger partial charge in [0.15, 0.2) is 5.76 Å². The van der Waals surface area contributed by atoms with E-state index in [0.717, 1.165) is 16.9 Å². The zero-order valence-electron chi connectivity index (χ0n) is 10.1. The van der Waals surface area contributed by atoms with Crippen molar-refractivity contribution in [2.45, 2.75) is 13.8 Å². The molecular formula is C14H13NOS. The van der Waals surface area contributed by atoms with Crippen LogP contribution in [0, 0.1) is 18.3 Å². The highest BCUT2D eigenvalue weighted by Crippen LogP contribution is 2.35. The van der Waals surface area contributed by atoms with Crippen LogP contribution in [0.25, 0.3) is 5.57 Å². The predicted molar refractivity (Wildman–Crippen MR) is 71.6 cm³/mol. The topological polar surface area (TPSA) is 33.0 Å². The number of hydrogen-bond donors (Lipinski definition) is 0. The van der Waals surface area contributed by atoms with Crippen molar-refractivity contribution in [2.24, 2.45) is 0 Å². The van der Waals surface area contributed by atoms with Crippen molar-refractivity contribution < 1.29 is 4.74 Å². The van der Waals surface area contributed by atoms with Gasteiger partial charge < -0.3 is 4.74 Å². The van der Waals surface area contributed by atoms with Crippen LogP contribution in [-0.4, -0.2) is 6.26 Å². The molecule has 1 aliphatic rings. The fourth-order valence-corrected chi connectivity index (χ4v) is 2.17. The molecule has 0 spiro atoms. The minimum absolute atomic E-state index is 0.607. The average molecular weight is 243 g/mol. The summed E-state index contributed by atoms with van der Waals surface area (Å²) in [5.41, 5.74) is 3.44. The molecule has 0 saturated carbocycles. The van der Waals surface area contributed by atoms with E-state index in [-0.39, 0.29) is 0 Å². The van der Waals surface area contributed by atoms with Crippen LogP contribution in [0.3, 0.4) is 0 Å². The predicted octanol–water partition coefficient (Wildman–Crippen LogP) is 3.89. The van der Waals surface area contributed by atoms with Crippen LogP contribution < -0.4 is 4.74 Å². The molecule has 1 aromatic rings. The highest BCUT2D eigenvalue weighted by Gasteiger charge is 2.16. The molecular weight excluding hydrogens is 230 g/mol. The van der Waals surface area contributed by atoms with Gasteiger partial charge >= 0.3 is 0 Å². The Morgan fingerprint density at radius 2 is 2.12 bits per heavy atom. The summed E-state index contributed by atoms with van der Waals surface area (Å²) in [4.78, 5) is 0.607. The van der Waals surface area contributed by atoms with Gasteiger partial charge in [-0.25, -0.2) is 0 Å². The van der Waals surface area contributed by atoms with Gasteiger partial charge in [0, 0.05) is 5.56 Å². The van der Waals surface area contributed by atoms with Gasteiger partial charge in [-0.15, -0.1) is 11.8 Å². The van der Waals surface area contributed by atoms with Gasteiger partial charge in [-0.1, -0.05) is 11.6 Å². The Morgan fingerprint density at radius 3 is 2.76 bits per heavy atom. The summed E-state index contributed by atoms with van der Waals surface area (Å²) in [5, 5.41) is 9.02. The summed E-state index contributed by atoms with van der Waals surface area (Å²) in [6.45, 7) is 4.09. The first kappa shape index (κ1) is 11.8. The first-order chi connectivity index (χ1) is 8.15. The lowest BCUT2D eigenvalue weighted by atomic mass is 10.0. The highest BCUT2D eigenvalue weighted by atomic mass is 32.2. The van der Waals surface area contributed by atoms with Crippen molar-refractivity contribution in [2.75, 3.05) is 6.26 Å². The largest absolute Gasteiger partial charge is 0.455 e. The summed E-state index contributed by atoms with van der Waals surface area (Å²) in [7, 11) is 0. The molecule has 86 valence electrons. The number of fused-ring (bicyclic) bond motifs is 1. The quantitative estimate of drug-likeness (QED) is 0.701. The van der Waals surface area contributed by atoms with Crippen molar-refractivity contribution in [3.8, 4) is 11.8 Å². The number of nitrogens with zero attached hydrogens (tertiary/aromatic N) is 1. The minimum atomic E-state index is 0.607. The van der Waals surface area contributed by atoms with Crippen molar-refractivity contribution in [3.63, 3.8) is 0 Å². The highest BCUT2D eigenvalue weighted by molar-refractivity contribution is 8.02. The van der Waals surface area contributed by atoms with E-state index in [9.17, 15) is 0 Å². The SMILES string of the molecule is CS/C(C#N)=C1\C=C(C)c2cc(C)ccc2O1. The second-order valence-electron chi connectivity index (χ2n) is 3.94. The second kappa shape index (κ2) is 4.68. The van der Waals surface area contributed by atoms with Gasteiger partial charge in [0.1, 0.15) is 16.7 Å². The molecule has 17 heavy (non-hydrogen) atoms. The Kier molecular flexibility index (Phi) is 3.26. The Bertz CT molecular complexity index is 564. The van der Waals surface area contributed by atoms with Gasteiger partial charge in [-0.2, -0.15) is 5.26 Å². The van der Waals surface area contributed by atoms with Crippen molar-refractivity contribution >= 4 is 17.3 Å². The third kappa shape index (κ3) is 2.22. The first-order valence-corrected chi connectivity index (χ1v) is 6.53. The maximum Gasteiger partial charge on any atom is 0.151 e. The fourth-order valence-electron chi connectivity index (χ4n) is 1.78. The van der Waals surface area contributed by atoms with Crippen molar-refractivity contribution in [1.29, 1.82) is 5.26 Å². The van der Waals surface area contributed by atoms with E-state index in [1.54, 1.807) is 0 Å². The fraction of sp³-hybridized carbons (Fsp3) is 0.214. The lowest BCUT2D eigenvalue weighted by Gasteiger charge is -2.19.